The average molecular weight is 176 g/mol. The van der Waals surface area contributed by atoms with E-state index in [0.29, 0.717) is 6.61 Å². The zero-order chi connectivity index (χ0) is 9.40. The lowest BCUT2D eigenvalue weighted by atomic mass is 10.5. The lowest BCUT2D eigenvalue weighted by molar-refractivity contribution is 0.133. The van der Waals surface area contributed by atoms with Crippen molar-refractivity contribution in [2.45, 2.75) is 13.3 Å². The van der Waals surface area contributed by atoms with Gasteiger partial charge in [0.05, 0.1) is 13.7 Å². The second kappa shape index (κ2) is 6.26. The van der Waals surface area contributed by atoms with Gasteiger partial charge in [0.25, 0.3) is 0 Å². The third kappa shape index (κ3) is 5.33. The molecule has 0 aliphatic rings. The number of carbonyl (C=O) groups is 2. The SMILES string of the molecule is CCCOC(=O)NNC(=O)OC. The van der Waals surface area contributed by atoms with Crippen LogP contribution in [0.15, 0.2) is 0 Å². The van der Waals surface area contributed by atoms with Crippen LogP contribution in [-0.2, 0) is 9.47 Å². The first-order valence-electron chi connectivity index (χ1n) is 3.47. The zero-order valence-electron chi connectivity index (χ0n) is 7.05. The molecule has 6 heteroatoms. The number of ether oxygens (including phenoxy) is 2. The number of nitrogens with one attached hydrogen (secondary N) is 2. The molecule has 0 rings (SSSR count). The van der Waals surface area contributed by atoms with Crippen molar-refractivity contribution in [3.8, 4) is 0 Å². The Morgan fingerprint density at radius 1 is 1.25 bits per heavy atom. The lowest BCUT2D eigenvalue weighted by Crippen LogP contribution is -2.41. The molecule has 2 amide bonds. The van der Waals surface area contributed by atoms with Crippen LogP contribution in [0.5, 0.6) is 0 Å². The fraction of sp³-hybridized carbons (Fsp3) is 0.667. The maximum absolute atomic E-state index is 10.6. The van der Waals surface area contributed by atoms with Crippen LogP contribution < -0.4 is 10.9 Å². The minimum absolute atomic E-state index is 0.314. The molecule has 70 valence electrons. The summed E-state index contributed by atoms with van der Waals surface area (Å²) in [6, 6.07) is 0. The van der Waals surface area contributed by atoms with Crippen LogP contribution in [0.3, 0.4) is 0 Å². The molecule has 0 aromatic heterocycles. The summed E-state index contributed by atoms with van der Waals surface area (Å²) < 4.78 is 8.75. The molecule has 0 aliphatic heterocycles. The smallest absolute Gasteiger partial charge is 0.426 e. The molecular weight excluding hydrogens is 164 g/mol. The highest BCUT2D eigenvalue weighted by molar-refractivity contribution is 5.73. The summed E-state index contributed by atoms with van der Waals surface area (Å²) in [7, 11) is 1.19. The van der Waals surface area contributed by atoms with E-state index in [4.69, 9.17) is 0 Å². The Labute approximate surface area is 70.2 Å². The highest BCUT2D eigenvalue weighted by Gasteiger charge is 2.02. The number of methoxy groups -OCH3 is 1. The van der Waals surface area contributed by atoms with Gasteiger partial charge in [0, 0.05) is 0 Å². The largest absolute Gasteiger partial charge is 0.452 e. The predicted octanol–water partition coefficient (Wildman–Crippen LogP) is 0.394. The highest BCUT2D eigenvalue weighted by atomic mass is 16.6. The summed E-state index contributed by atoms with van der Waals surface area (Å²) in [6.45, 7) is 2.18. The Hall–Kier alpha value is -1.46. The average Bonchev–Trinajstić information content (AvgIpc) is 2.10. The first-order valence-corrected chi connectivity index (χ1v) is 3.47. The highest BCUT2D eigenvalue weighted by Crippen LogP contribution is 1.80. The Kier molecular flexibility index (Phi) is 5.50. The van der Waals surface area contributed by atoms with Gasteiger partial charge in [-0.2, -0.15) is 0 Å². The quantitative estimate of drug-likeness (QED) is 0.597. The van der Waals surface area contributed by atoms with Crippen LogP contribution in [0.1, 0.15) is 13.3 Å². The van der Waals surface area contributed by atoms with Gasteiger partial charge in [0.2, 0.25) is 0 Å². The van der Waals surface area contributed by atoms with Crippen LogP contribution in [0, 0.1) is 0 Å². The molecule has 0 fully saturated rings. The predicted molar refractivity (Wildman–Crippen MR) is 40.3 cm³/mol. The number of hydrogen-bond donors (Lipinski definition) is 2. The number of hydrazine groups is 1. The maximum Gasteiger partial charge on any atom is 0.426 e. The van der Waals surface area contributed by atoms with E-state index < -0.39 is 12.2 Å². The van der Waals surface area contributed by atoms with Crippen molar-refractivity contribution < 1.29 is 19.1 Å². The molecule has 6 nitrogen and oxygen atoms in total. The fourth-order valence-corrected chi connectivity index (χ4v) is 0.384. The molecule has 0 bridgehead atoms. The van der Waals surface area contributed by atoms with E-state index in [1.807, 2.05) is 17.8 Å². The monoisotopic (exact) mass is 176 g/mol. The molecule has 0 unspecified atom stereocenters. The summed E-state index contributed by atoms with van der Waals surface area (Å²) >= 11 is 0. The van der Waals surface area contributed by atoms with E-state index in [1.165, 1.54) is 7.11 Å². The van der Waals surface area contributed by atoms with Crippen LogP contribution in [0.4, 0.5) is 9.59 Å². The Morgan fingerprint density at radius 2 is 1.83 bits per heavy atom. The van der Waals surface area contributed by atoms with E-state index in [0.717, 1.165) is 6.42 Å². The summed E-state index contributed by atoms with van der Waals surface area (Å²) in [6.07, 6.45) is -0.725. The summed E-state index contributed by atoms with van der Waals surface area (Å²) in [4.78, 5) is 21.0. The Bertz CT molecular complexity index is 160. The molecule has 0 spiro atoms. The van der Waals surface area contributed by atoms with E-state index in [1.54, 1.807) is 0 Å². The van der Waals surface area contributed by atoms with Crippen molar-refractivity contribution in [3.05, 3.63) is 0 Å². The molecule has 2 N–H and O–H groups in total. The molecule has 0 aliphatic carbocycles. The number of rotatable bonds is 2. The van der Waals surface area contributed by atoms with Crippen molar-refractivity contribution >= 4 is 12.2 Å². The molecule has 12 heavy (non-hydrogen) atoms. The molecule has 0 saturated heterocycles. The first-order chi connectivity index (χ1) is 5.70. The topological polar surface area (TPSA) is 76.7 Å². The molecule has 0 heterocycles. The molecule has 0 saturated carbocycles. The Morgan fingerprint density at radius 3 is 2.33 bits per heavy atom. The van der Waals surface area contributed by atoms with Crippen molar-refractivity contribution in [1.29, 1.82) is 0 Å². The summed E-state index contributed by atoms with van der Waals surface area (Å²) in [5, 5.41) is 0. The van der Waals surface area contributed by atoms with Crippen molar-refractivity contribution in [2.24, 2.45) is 0 Å². The number of amides is 2. The standard InChI is InChI=1S/C6H12N2O4/c1-3-4-12-6(10)8-7-5(9)11-2/h3-4H2,1-2H3,(H,7,9)(H,8,10). The minimum atomic E-state index is -0.747. The van der Waals surface area contributed by atoms with Gasteiger partial charge in [-0.25, -0.2) is 20.4 Å². The normalized spacial score (nSPS) is 8.50. The molecular formula is C6H12N2O4. The molecule has 0 aromatic rings. The van der Waals surface area contributed by atoms with Gasteiger partial charge in [-0.15, -0.1) is 0 Å². The molecule has 0 aromatic carbocycles. The first kappa shape index (κ1) is 10.5. The van der Waals surface area contributed by atoms with Gasteiger partial charge >= 0.3 is 12.2 Å². The van der Waals surface area contributed by atoms with E-state index in [2.05, 4.69) is 9.47 Å². The summed E-state index contributed by atoms with van der Waals surface area (Å²) in [5.41, 5.74) is 3.94. The number of carbonyl (C=O) groups excluding carboxylic acids is 2. The van der Waals surface area contributed by atoms with E-state index in [9.17, 15) is 9.59 Å². The van der Waals surface area contributed by atoms with Crippen molar-refractivity contribution in [1.82, 2.24) is 10.9 Å². The second-order valence-corrected chi connectivity index (χ2v) is 1.88. The van der Waals surface area contributed by atoms with Crippen LogP contribution in [-0.4, -0.2) is 25.9 Å². The van der Waals surface area contributed by atoms with Gasteiger partial charge < -0.3 is 9.47 Å². The fourth-order valence-electron chi connectivity index (χ4n) is 0.384. The van der Waals surface area contributed by atoms with Crippen LogP contribution in [0.2, 0.25) is 0 Å². The van der Waals surface area contributed by atoms with Crippen LogP contribution >= 0.6 is 0 Å². The van der Waals surface area contributed by atoms with Crippen molar-refractivity contribution in [2.75, 3.05) is 13.7 Å². The zero-order valence-corrected chi connectivity index (χ0v) is 7.05. The third-order valence-corrected chi connectivity index (χ3v) is 0.889. The lowest BCUT2D eigenvalue weighted by Gasteiger charge is -2.05. The second-order valence-electron chi connectivity index (χ2n) is 1.88. The van der Waals surface area contributed by atoms with Gasteiger partial charge in [0.15, 0.2) is 0 Å². The third-order valence-electron chi connectivity index (χ3n) is 0.889. The summed E-state index contributed by atoms with van der Waals surface area (Å²) in [5.74, 6) is 0. The van der Waals surface area contributed by atoms with E-state index in [-0.39, 0.29) is 0 Å². The minimum Gasteiger partial charge on any atom is -0.452 e. The Balaban J connectivity index is 3.37. The van der Waals surface area contributed by atoms with Gasteiger partial charge in [-0.3, -0.25) is 0 Å². The molecule has 0 radical (unpaired) electrons. The van der Waals surface area contributed by atoms with Gasteiger partial charge in [0.1, 0.15) is 0 Å². The number of hydrogen-bond acceptors (Lipinski definition) is 4. The maximum atomic E-state index is 10.6. The van der Waals surface area contributed by atoms with Crippen LogP contribution in [0.25, 0.3) is 0 Å². The van der Waals surface area contributed by atoms with Gasteiger partial charge in [-0.1, -0.05) is 6.92 Å². The molecule has 0 atom stereocenters. The van der Waals surface area contributed by atoms with Crippen molar-refractivity contribution in [3.63, 3.8) is 0 Å². The van der Waals surface area contributed by atoms with E-state index >= 15 is 0 Å². The van der Waals surface area contributed by atoms with Gasteiger partial charge in [-0.05, 0) is 6.42 Å².